The van der Waals surface area contributed by atoms with Crippen LogP contribution < -0.4 is 9.47 Å². The van der Waals surface area contributed by atoms with Crippen LogP contribution in [-0.2, 0) is 11.3 Å². The maximum absolute atomic E-state index is 12.9. The van der Waals surface area contributed by atoms with Crippen molar-refractivity contribution in [2.75, 3.05) is 13.8 Å². The molecule has 0 aromatic heterocycles. The zero-order chi connectivity index (χ0) is 17.8. The normalized spacial score (nSPS) is 12.1. The standard InChI is InChI=1S/C19H18FNO4/c1-21(11-13-2-8-17-18(10-13)25-12-24-17)19(23)9-7-16(22)14-3-5-15(20)6-4-14/h2-6,8,10H,7,9,11-12H2,1H3. The summed E-state index contributed by atoms with van der Waals surface area (Å²) in [7, 11) is 1.69. The molecule has 0 radical (unpaired) electrons. The monoisotopic (exact) mass is 343 g/mol. The summed E-state index contributed by atoms with van der Waals surface area (Å²) in [6, 6.07) is 10.9. The molecule has 2 aromatic rings. The van der Waals surface area contributed by atoms with Gasteiger partial charge < -0.3 is 14.4 Å². The molecule has 0 atom stereocenters. The lowest BCUT2D eigenvalue weighted by Crippen LogP contribution is -2.26. The first-order chi connectivity index (χ1) is 12.0. The molecule has 0 unspecified atom stereocenters. The Morgan fingerprint density at radius 1 is 1.04 bits per heavy atom. The summed E-state index contributed by atoms with van der Waals surface area (Å²) in [5, 5.41) is 0. The van der Waals surface area contributed by atoms with Gasteiger partial charge in [0.25, 0.3) is 0 Å². The third kappa shape index (κ3) is 4.15. The Hall–Kier alpha value is -2.89. The van der Waals surface area contributed by atoms with Crippen LogP contribution in [0.5, 0.6) is 11.5 Å². The zero-order valence-electron chi connectivity index (χ0n) is 13.8. The van der Waals surface area contributed by atoms with Crippen LogP contribution in [0.1, 0.15) is 28.8 Å². The number of nitrogens with zero attached hydrogens (tertiary/aromatic N) is 1. The lowest BCUT2D eigenvalue weighted by molar-refractivity contribution is -0.130. The molecule has 25 heavy (non-hydrogen) atoms. The molecule has 0 saturated carbocycles. The fourth-order valence-corrected chi connectivity index (χ4v) is 2.59. The summed E-state index contributed by atoms with van der Waals surface area (Å²) in [5.41, 5.74) is 1.33. The Kier molecular flexibility index (Phi) is 4.97. The van der Waals surface area contributed by atoms with Crippen molar-refractivity contribution < 1.29 is 23.5 Å². The van der Waals surface area contributed by atoms with E-state index in [9.17, 15) is 14.0 Å². The van der Waals surface area contributed by atoms with E-state index in [-0.39, 0.29) is 31.3 Å². The molecule has 1 amide bonds. The molecule has 1 aliphatic rings. The maximum atomic E-state index is 12.9. The van der Waals surface area contributed by atoms with Gasteiger partial charge >= 0.3 is 0 Å². The van der Waals surface area contributed by atoms with Crippen molar-refractivity contribution in [1.82, 2.24) is 4.90 Å². The Balaban J connectivity index is 1.52. The molecule has 0 aliphatic carbocycles. The molecule has 3 rings (SSSR count). The van der Waals surface area contributed by atoms with E-state index < -0.39 is 5.82 Å². The van der Waals surface area contributed by atoms with Gasteiger partial charge in [0.2, 0.25) is 12.7 Å². The molecule has 6 heteroatoms. The van der Waals surface area contributed by atoms with Gasteiger partial charge in [-0.25, -0.2) is 4.39 Å². The number of amides is 1. The Labute approximate surface area is 145 Å². The van der Waals surface area contributed by atoms with Crippen molar-refractivity contribution in [2.45, 2.75) is 19.4 Å². The summed E-state index contributed by atoms with van der Waals surface area (Å²) in [6.45, 7) is 0.624. The van der Waals surface area contributed by atoms with Crippen molar-refractivity contribution in [3.05, 3.63) is 59.4 Å². The lowest BCUT2D eigenvalue weighted by atomic mass is 10.1. The van der Waals surface area contributed by atoms with Gasteiger partial charge in [-0.15, -0.1) is 0 Å². The van der Waals surface area contributed by atoms with Crippen LogP contribution in [0.4, 0.5) is 4.39 Å². The predicted octanol–water partition coefficient (Wildman–Crippen LogP) is 3.18. The van der Waals surface area contributed by atoms with Crippen LogP contribution in [-0.4, -0.2) is 30.4 Å². The van der Waals surface area contributed by atoms with Crippen LogP contribution in [0.3, 0.4) is 0 Å². The Morgan fingerprint density at radius 3 is 2.52 bits per heavy atom. The highest BCUT2D eigenvalue weighted by molar-refractivity contribution is 5.97. The molecule has 1 aliphatic heterocycles. The fourth-order valence-electron chi connectivity index (χ4n) is 2.59. The molecular weight excluding hydrogens is 325 g/mol. The number of benzene rings is 2. The number of Topliss-reactive ketones (excluding diaryl/α,β-unsaturated/α-hetero) is 1. The first kappa shape index (κ1) is 17.0. The van der Waals surface area contributed by atoms with Gasteiger partial charge in [0.15, 0.2) is 17.3 Å². The maximum Gasteiger partial charge on any atom is 0.231 e. The molecule has 0 bridgehead atoms. The van der Waals surface area contributed by atoms with E-state index in [1.165, 1.54) is 24.3 Å². The van der Waals surface area contributed by atoms with Gasteiger partial charge in [0.1, 0.15) is 5.82 Å². The van der Waals surface area contributed by atoms with E-state index in [0.717, 1.165) is 5.56 Å². The largest absolute Gasteiger partial charge is 0.454 e. The molecule has 5 nitrogen and oxygen atoms in total. The number of carbonyl (C=O) groups excluding carboxylic acids is 2. The van der Waals surface area contributed by atoms with Crippen LogP contribution in [0.15, 0.2) is 42.5 Å². The van der Waals surface area contributed by atoms with E-state index >= 15 is 0 Å². The molecule has 0 N–H and O–H groups in total. The highest BCUT2D eigenvalue weighted by Crippen LogP contribution is 2.32. The number of carbonyl (C=O) groups is 2. The van der Waals surface area contributed by atoms with Gasteiger partial charge in [0.05, 0.1) is 0 Å². The van der Waals surface area contributed by atoms with Crippen LogP contribution >= 0.6 is 0 Å². The Morgan fingerprint density at radius 2 is 1.76 bits per heavy atom. The minimum atomic E-state index is -0.393. The van der Waals surface area contributed by atoms with Crippen molar-refractivity contribution in [3.8, 4) is 11.5 Å². The number of hydrogen-bond acceptors (Lipinski definition) is 4. The second-order valence-electron chi connectivity index (χ2n) is 5.87. The molecule has 0 spiro atoms. The van der Waals surface area contributed by atoms with Gasteiger partial charge in [-0.3, -0.25) is 9.59 Å². The highest BCUT2D eigenvalue weighted by Gasteiger charge is 2.16. The minimum Gasteiger partial charge on any atom is -0.454 e. The van der Waals surface area contributed by atoms with Gasteiger partial charge in [-0.05, 0) is 42.0 Å². The molecule has 1 heterocycles. The number of fused-ring (bicyclic) bond motifs is 1. The fraction of sp³-hybridized carbons (Fsp3) is 0.263. The molecule has 0 fully saturated rings. The molecular formula is C19H18FNO4. The number of halogens is 1. The quantitative estimate of drug-likeness (QED) is 0.756. The number of hydrogen-bond donors (Lipinski definition) is 0. The summed E-state index contributed by atoms with van der Waals surface area (Å²) in [5.74, 6) is 0.668. The van der Waals surface area contributed by atoms with Crippen LogP contribution in [0, 0.1) is 5.82 Å². The van der Waals surface area contributed by atoms with E-state index in [0.29, 0.717) is 23.6 Å². The van der Waals surface area contributed by atoms with Crippen molar-refractivity contribution in [2.24, 2.45) is 0 Å². The average Bonchev–Trinajstić information content (AvgIpc) is 3.07. The summed E-state index contributed by atoms with van der Waals surface area (Å²) in [6.07, 6.45) is 0.202. The highest BCUT2D eigenvalue weighted by atomic mass is 19.1. The van der Waals surface area contributed by atoms with E-state index in [1.54, 1.807) is 11.9 Å². The first-order valence-corrected chi connectivity index (χ1v) is 7.94. The number of ketones is 1. The summed E-state index contributed by atoms with van der Waals surface area (Å²) in [4.78, 5) is 25.8. The second-order valence-corrected chi connectivity index (χ2v) is 5.87. The van der Waals surface area contributed by atoms with Crippen molar-refractivity contribution in [3.63, 3.8) is 0 Å². The van der Waals surface area contributed by atoms with E-state index in [2.05, 4.69) is 0 Å². The van der Waals surface area contributed by atoms with Crippen LogP contribution in [0.2, 0.25) is 0 Å². The van der Waals surface area contributed by atoms with E-state index in [4.69, 9.17) is 9.47 Å². The first-order valence-electron chi connectivity index (χ1n) is 7.94. The SMILES string of the molecule is CN(Cc1ccc2c(c1)OCO2)C(=O)CCC(=O)c1ccc(F)cc1. The van der Waals surface area contributed by atoms with Crippen molar-refractivity contribution >= 4 is 11.7 Å². The molecule has 2 aromatic carbocycles. The van der Waals surface area contributed by atoms with E-state index in [1.807, 2.05) is 18.2 Å². The lowest BCUT2D eigenvalue weighted by Gasteiger charge is -2.17. The zero-order valence-corrected chi connectivity index (χ0v) is 13.8. The second kappa shape index (κ2) is 7.34. The third-order valence-electron chi connectivity index (χ3n) is 4.01. The van der Waals surface area contributed by atoms with Gasteiger partial charge in [-0.1, -0.05) is 6.07 Å². The van der Waals surface area contributed by atoms with Gasteiger partial charge in [-0.2, -0.15) is 0 Å². The predicted molar refractivity (Wildman–Crippen MR) is 89.0 cm³/mol. The average molecular weight is 343 g/mol. The molecule has 0 saturated heterocycles. The van der Waals surface area contributed by atoms with Gasteiger partial charge in [0, 0.05) is 32.0 Å². The smallest absolute Gasteiger partial charge is 0.231 e. The summed E-state index contributed by atoms with van der Waals surface area (Å²) < 4.78 is 23.4. The number of ether oxygens (including phenoxy) is 2. The topological polar surface area (TPSA) is 55.8 Å². The summed E-state index contributed by atoms with van der Waals surface area (Å²) >= 11 is 0. The van der Waals surface area contributed by atoms with Crippen molar-refractivity contribution in [1.29, 1.82) is 0 Å². The Bertz CT molecular complexity index is 789. The molecule has 130 valence electrons. The minimum absolute atomic E-state index is 0.0932. The number of rotatable bonds is 6. The third-order valence-corrected chi connectivity index (χ3v) is 4.01. The van der Waals surface area contributed by atoms with Crippen LogP contribution in [0.25, 0.3) is 0 Å².